The highest BCUT2D eigenvalue weighted by atomic mass is 35.5. The minimum Gasteiger partial charge on any atom is -0.345 e. The molecule has 0 radical (unpaired) electrons. The van der Waals surface area contributed by atoms with E-state index in [1.165, 1.54) is 12.1 Å². The van der Waals surface area contributed by atoms with Crippen LogP contribution in [0.25, 0.3) is 5.65 Å². The molecule has 0 saturated heterocycles. The quantitative estimate of drug-likeness (QED) is 0.613. The highest BCUT2D eigenvalue weighted by Crippen LogP contribution is 2.30. The number of pyridine rings is 1. The van der Waals surface area contributed by atoms with Crippen molar-refractivity contribution < 1.29 is 13.2 Å². The number of hydrogen-bond donors (Lipinski definition) is 2. The SMILES string of the molecule is O=C(NCc1nnc2ccccn12)c1cc(S(=O)(=O)NC2CC2)c(Cl)cc1Cl. The van der Waals surface area contributed by atoms with Crippen molar-refractivity contribution in [3.63, 3.8) is 0 Å². The predicted molar refractivity (Wildman–Crippen MR) is 104 cm³/mol. The van der Waals surface area contributed by atoms with Crippen molar-refractivity contribution in [3.8, 4) is 0 Å². The number of halogens is 2. The van der Waals surface area contributed by atoms with Crippen molar-refractivity contribution in [1.29, 1.82) is 0 Å². The topological polar surface area (TPSA) is 105 Å². The summed E-state index contributed by atoms with van der Waals surface area (Å²) in [6, 6.07) is 7.80. The minimum absolute atomic E-state index is 0.0102. The number of nitrogens with zero attached hydrogens (tertiary/aromatic N) is 3. The Morgan fingerprint density at radius 3 is 2.71 bits per heavy atom. The first-order valence-corrected chi connectivity index (χ1v) is 10.7. The lowest BCUT2D eigenvalue weighted by molar-refractivity contribution is 0.0949. The van der Waals surface area contributed by atoms with E-state index in [0.29, 0.717) is 11.5 Å². The lowest BCUT2D eigenvalue weighted by Crippen LogP contribution is -2.27. The Bertz CT molecular complexity index is 1170. The van der Waals surface area contributed by atoms with E-state index < -0.39 is 15.9 Å². The molecule has 28 heavy (non-hydrogen) atoms. The van der Waals surface area contributed by atoms with Crippen LogP contribution in [0.2, 0.25) is 10.0 Å². The van der Waals surface area contributed by atoms with Crippen LogP contribution >= 0.6 is 23.2 Å². The number of aromatic nitrogens is 3. The largest absolute Gasteiger partial charge is 0.345 e. The summed E-state index contributed by atoms with van der Waals surface area (Å²) >= 11 is 12.2. The van der Waals surface area contributed by atoms with Crippen LogP contribution in [0.5, 0.6) is 0 Å². The second-order valence-corrected chi connectivity index (χ2v) is 8.88. The van der Waals surface area contributed by atoms with E-state index in [1.54, 1.807) is 16.7 Å². The Morgan fingerprint density at radius 2 is 1.96 bits per heavy atom. The molecule has 0 spiro atoms. The molecule has 0 aliphatic heterocycles. The number of rotatable bonds is 6. The fourth-order valence-electron chi connectivity index (χ4n) is 2.66. The summed E-state index contributed by atoms with van der Waals surface area (Å²) in [5, 5.41) is 10.7. The average Bonchev–Trinajstić information content (AvgIpc) is 3.35. The Labute approximate surface area is 170 Å². The molecule has 8 nitrogen and oxygen atoms in total. The van der Waals surface area contributed by atoms with Crippen molar-refractivity contribution in [1.82, 2.24) is 24.6 Å². The van der Waals surface area contributed by atoms with Gasteiger partial charge >= 0.3 is 0 Å². The first kappa shape index (κ1) is 19.1. The molecule has 3 aromatic rings. The van der Waals surface area contributed by atoms with Crippen molar-refractivity contribution in [2.24, 2.45) is 0 Å². The molecule has 2 aromatic heterocycles. The van der Waals surface area contributed by atoms with E-state index in [-0.39, 0.29) is 33.1 Å². The monoisotopic (exact) mass is 439 g/mol. The van der Waals surface area contributed by atoms with Gasteiger partial charge in [0.05, 0.1) is 22.2 Å². The summed E-state index contributed by atoms with van der Waals surface area (Å²) in [6.07, 6.45) is 3.34. The van der Waals surface area contributed by atoms with Gasteiger partial charge < -0.3 is 5.32 Å². The van der Waals surface area contributed by atoms with E-state index >= 15 is 0 Å². The third-order valence-electron chi connectivity index (χ3n) is 4.25. The fraction of sp³-hybridized carbons (Fsp3) is 0.235. The van der Waals surface area contributed by atoms with E-state index in [1.807, 2.05) is 12.1 Å². The summed E-state index contributed by atoms with van der Waals surface area (Å²) in [7, 11) is -3.83. The second-order valence-electron chi connectivity index (χ2n) is 6.39. The normalized spacial score (nSPS) is 14.4. The van der Waals surface area contributed by atoms with Crippen LogP contribution in [0, 0.1) is 0 Å². The summed E-state index contributed by atoms with van der Waals surface area (Å²) in [5.74, 6) is -0.0190. The second kappa shape index (κ2) is 7.32. The van der Waals surface area contributed by atoms with Gasteiger partial charge in [0.25, 0.3) is 5.91 Å². The number of fused-ring (bicyclic) bond motifs is 1. The van der Waals surface area contributed by atoms with Crippen LogP contribution in [0.1, 0.15) is 29.0 Å². The van der Waals surface area contributed by atoms with Gasteiger partial charge in [0, 0.05) is 12.2 Å². The maximum atomic E-state index is 12.6. The molecule has 1 saturated carbocycles. The molecule has 2 heterocycles. The molecular formula is C17H15Cl2N5O3S. The number of amides is 1. The number of sulfonamides is 1. The predicted octanol–water partition coefficient (Wildman–Crippen LogP) is 2.41. The zero-order valence-corrected chi connectivity index (χ0v) is 16.7. The molecular weight excluding hydrogens is 425 g/mol. The molecule has 1 amide bonds. The van der Waals surface area contributed by atoms with Crippen molar-refractivity contribution in [3.05, 3.63) is 58.0 Å². The lowest BCUT2D eigenvalue weighted by atomic mass is 10.2. The Kier molecular flexibility index (Phi) is 5.00. The molecule has 0 unspecified atom stereocenters. The van der Waals surface area contributed by atoms with Gasteiger partial charge in [-0.3, -0.25) is 9.20 Å². The smallest absolute Gasteiger partial charge is 0.253 e. The highest BCUT2D eigenvalue weighted by molar-refractivity contribution is 7.89. The van der Waals surface area contributed by atoms with E-state index in [2.05, 4.69) is 20.2 Å². The molecule has 0 bridgehead atoms. The number of carbonyl (C=O) groups excluding carboxylic acids is 1. The van der Waals surface area contributed by atoms with Crippen LogP contribution in [0.3, 0.4) is 0 Å². The lowest BCUT2D eigenvalue weighted by Gasteiger charge is -2.11. The summed E-state index contributed by atoms with van der Waals surface area (Å²) in [5.41, 5.74) is 0.659. The first-order valence-electron chi connectivity index (χ1n) is 8.43. The Morgan fingerprint density at radius 1 is 1.18 bits per heavy atom. The van der Waals surface area contributed by atoms with Crippen molar-refractivity contribution in [2.75, 3.05) is 0 Å². The first-order chi connectivity index (χ1) is 13.3. The summed E-state index contributed by atoms with van der Waals surface area (Å²) in [4.78, 5) is 12.4. The molecule has 0 atom stereocenters. The van der Waals surface area contributed by atoms with Crippen LogP contribution in [0.4, 0.5) is 0 Å². The zero-order valence-electron chi connectivity index (χ0n) is 14.4. The molecule has 11 heteroatoms. The van der Waals surface area contributed by atoms with E-state index in [9.17, 15) is 13.2 Å². The number of carbonyl (C=O) groups is 1. The Balaban J connectivity index is 1.57. The van der Waals surface area contributed by atoms with E-state index in [4.69, 9.17) is 23.2 Å². The van der Waals surface area contributed by atoms with Gasteiger partial charge in [0.2, 0.25) is 10.0 Å². The minimum atomic E-state index is -3.83. The maximum Gasteiger partial charge on any atom is 0.253 e. The third kappa shape index (κ3) is 3.83. The Hall–Kier alpha value is -2.20. The van der Waals surface area contributed by atoms with Crippen molar-refractivity contribution in [2.45, 2.75) is 30.3 Å². The van der Waals surface area contributed by atoms with Gasteiger partial charge in [0.15, 0.2) is 11.5 Å². The molecule has 1 aromatic carbocycles. The van der Waals surface area contributed by atoms with Gasteiger partial charge in [-0.25, -0.2) is 13.1 Å². The van der Waals surface area contributed by atoms with E-state index in [0.717, 1.165) is 12.8 Å². The van der Waals surface area contributed by atoms with Gasteiger partial charge in [-0.1, -0.05) is 29.3 Å². The molecule has 1 aliphatic rings. The zero-order chi connectivity index (χ0) is 19.9. The molecule has 1 aliphatic carbocycles. The maximum absolute atomic E-state index is 12.6. The van der Waals surface area contributed by atoms with Gasteiger partial charge in [-0.05, 0) is 37.1 Å². The molecule has 146 valence electrons. The van der Waals surface area contributed by atoms with Gasteiger partial charge in [0.1, 0.15) is 4.90 Å². The number of hydrogen-bond acceptors (Lipinski definition) is 5. The number of benzene rings is 1. The van der Waals surface area contributed by atoms with Gasteiger partial charge in [-0.2, -0.15) is 0 Å². The van der Waals surface area contributed by atoms with Crippen molar-refractivity contribution >= 4 is 44.8 Å². The summed E-state index contributed by atoms with van der Waals surface area (Å²) in [6.45, 7) is 0.0887. The number of nitrogens with one attached hydrogen (secondary N) is 2. The molecule has 4 rings (SSSR count). The standard InChI is InChI=1S/C17H15Cl2N5O3S/c18-12-8-13(19)14(28(26,27)23-10-4-5-10)7-11(12)17(25)20-9-16-22-21-15-3-1-2-6-24(15)16/h1-3,6-8,10,23H,4-5,9H2,(H,20,25). The fourth-order valence-corrected chi connectivity index (χ4v) is 4.82. The average molecular weight is 440 g/mol. The molecule has 2 N–H and O–H groups in total. The summed E-state index contributed by atoms with van der Waals surface area (Å²) < 4.78 is 29.3. The van der Waals surface area contributed by atoms with Crippen LogP contribution < -0.4 is 10.0 Å². The van der Waals surface area contributed by atoms with Gasteiger partial charge in [-0.15, -0.1) is 10.2 Å². The van der Waals surface area contributed by atoms with Crippen LogP contribution in [-0.2, 0) is 16.6 Å². The van der Waals surface area contributed by atoms with Crippen LogP contribution in [0.15, 0.2) is 41.4 Å². The van der Waals surface area contributed by atoms with Crippen LogP contribution in [-0.4, -0.2) is 35.0 Å². The highest BCUT2D eigenvalue weighted by Gasteiger charge is 2.30. The third-order valence-corrected chi connectivity index (χ3v) is 6.54. The molecule has 1 fully saturated rings.